The summed E-state index contributed by atoms with van der Waals surface area (Å²) in [5.41, 5.74) is 4.99. The van der Waals surface area contributed by atoms with Gasteiger partial charge in [-0.1, -0.05) is 30.3 Å². The SMILES string of the molecule is Cc1cc(C(F)(F)F)nn1CC(=O)NNC(=S)NCc1ccccc1. The number of alkyl halides is 3. The third kappa shape index (κ3) is 5.75. The van der Waals surface area contributed by atoms with Crippen LogP contribution in [-0.2, 0) is 24.1 Å². The van der Waals surface area contributed by atoms with Crippen LogP contribution < -0.4 is 16.2 Å². The van der Waals surface area contributed by atoms with Crippen molar-refractivity contribution in [1.82, 2.24) is 25.9 Å². The molecule has 10 heteroatoms. The number of nitrogens with zero attached hydrogens (tertiary/aromatic N) is 2. The Morgan fingerprint density at radius 3 is 2.52 bits per heavy atom. The number of nitrogens with one attached hydrogen (secondary N) is 3. The summed E-state index contributed by atoms with van der Waals surface area (Å²) in [5.74, 6) is -0.580. The molecule has 0 spiro atoms. The number of thiocarbonyl (C=S) groups is 1. The van der Waals surface area contributed by atoms with E-state index in [0.29, 0.717) is 6.54 Å². The number of rotatable bonds is 4. The molecule has 3 N–H and O–H groups in total. The summed E-state index contributed by atoms with van der Waals surface area (Å²) in [4.78, 5) is 11.8. The molecule has 0 atom stereocenters. The molecule has 0 aliphatic carbocycles. The second-order valence-corrected chi connectivity index (χ2v) is 5.58. The van der Waals surface area contributed by atoms with E-state index in [4.69, 9.17) is 12.2 Å². The summed E-state index contributed by atoms with van der Waals surface area (Å²) < 4.78 is 38.7. The van der Waals surface area contributed by atoms with Crippen molar-refractivity contribution in [2.45, 2.75) is 26.2 Å². The third-order valence-electron chi connectivity index (χ3n) is 3.18. The van der Waals surface area contributed by atoms with Gasteiger partial charge in [-0.2, -0.15) is 18.3 Å². The molecule has 0 aliphatic heterocycles. The number of carbonyl (C=O) groups is 1. The maximum atomic E-state index is 12.6. The fraction of sp³-hybridized carbons (Fsp3) is 0.267. The molecule has 1 aromatic heterocycles. The minimum absolute atomic E-state index is 0.186. The first-order chi connectivity index (χ1) is 11.8. The van der Waals surface area contributed by atoms with Gasteiger partial charge in [0.25, 0.3) is 5.91 Å². The van der Waals surface area contributed by atoms with Gasteiger partial charge in [-0.25, -0.2) is 0 Å². The van der Waals surface area contributed by atoms with E-state index in [1.165, 1.54) is 6.92 Å². The maximum Gasteiger partial charge on any atom is 0.435 e. The van der Waals surface area contributed by atoms with Crippen molar-refractivity contribution in [2.24, 2.45) is 0 Å². The summed E-state index contributed by atoms with van der Waals surface area (Å²) in [7, 11) is 0. The number of aromatic nitrogens is 2. The number of amides is 1. The van der Waals surface area contributed by atoms with Crippen molar-refractivity contribution in [2.75, 3.05) is 0 Å². The van der Waals surface area contributed by atoms with Crippen molar-refractivity contribution in [3.8, 4) is 0 Å². The molecular formula is C15H16F3N5OS. The maximum absolute atomic E-state index is 12.6. The molecule has 1 amide bonds. The summed E-state index contributed by atoms with van der Waals surface area (Å²) in [6.45, 7) is 1.54. The quantitative estimate of drug-likeness (QED) is 0.566. The predicted molar refractivity (Wildman–Crippen MR) is 89.1 cm³/mol. The van der Waals surface area contributed by atoms with E-state index in [9.17, 15) is 18.0 Å². The molecule has 2 rings (SSSR count). The number of hydrogen-bond donors (Lipinski definition) is 3. The first-order valence-electron chi connectivity index (χ1n) is 7.24. The van der Waals surface area contributed by atoms with Crippen LogP contribution in [0.25, 0.3) is 0 Å². The molecule has 0 bridgehead atoms. The van der Waals surface area contributed by atoms with Crippen molar-refractivity contribution in [3.63, 3.8) is 0 Å². The van der Waals surface area contributed by atoms with Gasteiger partial charge in [0.2, 0.25) is 0 Å². The van der Waals surface area contributed by atoms with Gasteiger partial charge in [-0.3, -0.25) is 20.3 Å². The van der Waals surface area contributed by atoms with Gasteiger partial charge in [0, 0.05) is 12.2 Å². The van der Waals surface area contributed by atoms with Crippen LogP contribution in [0.4, 0.5) is 13.2 Å². The Kier molecular flexibility index (Phi) is 5.97. The average Bonchev–Trinajstić information content (AvgIpc) is 2.93. The first kappa shape index (κ1) is 18.7. The zero-order valence-corrected chi connectivity index (χ0v) is 14.0. The van der Waals surface area contributed by atoms with E-state index in [1.54, 1.807) is 0 Å². The number of benzene rings is 1. The van der Waals surface area contributed by atoms with Gasteiger partial charge in [-0.15, -0.1) is 0 Å². The molecule has 1 heterocycles. The van der Waals surface area contributed by atoms with E-state index in [2.05, 4.69) is 21.3 Å². The van der Waals surface area contributed by atoms with Crippen LogP contribution in [0.1, 0.15) is 17.0 Å². The van der Waals surface area contributed by atoms with Crippen molar-refractivity contribution in [3.05, 3.63) is 53.3 Å². The normalized spacial score (nSPS) is 11.0. The molecule has 134 valence electrons. The van der Waals surface area contributed by atoms with E-state index in [0.717, 1.165) is 16.3 Å². The van der Waals surface area contributed by atoms with Gasteiger partial charge < -0.3 is 5.32 Å². The van der Waals surface area contributed by atoms with Crippen LogP contribution >= 0.6 is 12.2 Å². The molecule has 6 nitrogen and oxygen atoms in total. The molecule has 0 aliphatic rings. The minimum Gasteiger partial charge on any atom is -0.357 e. The van der Waals surface area contributed by atoms with Crippen LogP contribution in [0.15, 0.2) is 36.4 Å². The zero-order chi connectivity index (χ0) is 18.4. The van der Waals surface area contributed by atoms with Crippen LogP contribution in [0, 0.1) is 6.92 Å². The molecule has 0 unspecified atom stereocenters. The second kappa shape index (κ2) is 7.97. The average molecular weight is 371 g/mol. The Balaban J connectivity index is 1.79. The Hall–Kier alpha value is -2.62. The first-order valence-corrected chi connectivity index (χ1v) is 7.65. The van der Waals surface area contributed by atoms with Gasteiger partial charge in [0.1, 0.15) is 6.54 Å². The van der Waals surface area contributed by atoms with E-state index in [-0.39, 0.29) is 17.4 Å². The zero-order valence-electron chi connectivity index (χ0n) is 13.2. The Labute approximate surface area is 147 Å². The molecule has 2 aromatic rings. The number of aryl methyl sites for hydroxylation is 1. The fourth-order valence-corrected chi connectivity index (χ4v) is 2.06. The van der Waals surface area contributed by atoms with E-state index in [1.807, 2.05) is 30.3 Å². The van der Waals surface area contributed by atoms with Crippen molar-refractivity contribution < 1.29 is 18.0 Å². The van der Waals surface area contributed by atoms with Crippen LogP contribution in [-0.4, -0.2) is 20.8 Å². The Morgan fingerprint density at radius 1 is 1.24 bits per heavy atom. The van der Waals surface area contributed by atoms with Crippen molar-refractivity contribution >= 4 is 23.2 Å². The van der Waals surface area contributed by atoms with Gasteiger partial charge in [0.15, 0.2) is 10.8 Å². The molecule has 1 aromatic carbocycles. The standard InChI is InChI=1S/C15H16F3N5OS/c1-10-7-12(15(16,17)18)22-23(10)9-13(24)20-21-14(25)19-8-11-5-3-2-4-6-11/h2-7H,8-9H2,1H3,(H,20,24)(H2,19,21,25). The summed E-state index contributed by atoms with van der Waals surface area (Å²) in [6, 6.07) is 10.4. The molecular weight excluding hydrogens is 355 g/mol. The van der Waals surface area contributed by atoms with Gasteiger partial charge in [-0.05, 0) is 30.8 Å². The monoisotopic (exact) mass is 371 g/mol. The lowest BCUT2D eigenvalue weighted by molar-refractivity contribution is -0.141. The molecule has 0 saturated carbocycles. The van der Waals surface area contributed by atoms with Crippen LogP contribution in [0.3, 0.4) is 0 Å². The number of carbonyl (C=O) groups excluding carboxylic acids is 1. The number of halogens is 3. The number of hydrazine groups is 1. The second-order valence-electron chi connectivity index (χ2n) is 5.17. The lowest BCUT2D eigenvalue weighted by Gasteiger charge is -2.12. The van der Waals surface area contributed by atoms with E-state index >= 15 is 0 Å². The lowest BCUT2D eigenvalue weighted by atomic mass is 10.2. The van der Waals surface area contributed by atoms with Crippen LogP contribution in [0.5, 0.6) is 0 Å². The molecule has 25 heavy (non-hydrogen) atoms. The minimum atomic E-state index is -4.55. The van der Waals surface area contributed by atoms with Crippen molar-refractivity contribution in [1.29, 1.82) is 0 Å². The van der Waals surface area contributed by atoms with Gasteiger partial charge >= 0.3 is 6.18 Å². The fourth-order valence-electron chi connectivity index (χ4n) is 1.93. The highest BCUT2D eigenvalue weighted by Crippen LogP contribution is 2.28. The van der Waals surface area contributed by atoms with Gasteiger partial charge in [0.05, 0.1) is 0 Å². The summed E-state index contributed by atoms with van der Waals surface area (Å²) in [5, 5.41) is 6.45. The molecule has 0 fully saturated rings. The highest BCUT2D eigenvalue weighted by molar-refractivity contribution is 7.80. The Bertz CT molecular complexity index is 745. The highest BCUT2D eigenvalue weighted by Gasteiger charge is 2.34. The smallest absolute Gasteiger partial charge is 0.357 e. The summed E-state index contributed by atoms with van der Waals surface area (Å²) >= 11 is 5.01. The highest BCUT2D eigenvalue weighted by atomic mass is 32.1. The predicted octanol–water partition coefficient (Wildman–Crippen LogP) is 1.91. The largest absolute Gasteiger partial charge is 0.435 e. The number of hydrogen-bond acceptors (Lipinski definition) is 3. The third-order valence-corrected chi connectivity index (χ3v) is 3.42. The topological polar surface area (TPSA) is 71.0 Å². The molecule has 0 radical (unpaired) electrons. The van der Waals surface area contributed by atoms with Crippen LogP contribution in [0.2, 0.25) is 0 Å². The Morgan fingerprint density at radius 2 is 1.92 bits per heavy atom. The molecule has 0 saturated heterocycles. The van der Waals surface area contributed by atoms with E-state index < -0.39 is 17.8 Å². The lowest BCUT2D eigenvalue weighted by Crippen LogP contribution is -2.47. The summed E-state index contributed by atoms with van der Waals surface area (Å²) in [6.07, 6.45) is -4.55.